The zero-order valence-corrected chi connectivity index (χ0v) is 9.19. The number of anilines is 1. The molecule has 1 saturated heterocycles. The fourth-order valence-corrected chi connectivity index (χ4v) is 1.82. The maximum atomic E-state index is 13.9. The number of aliphatic hydroxyl groups excluding tert-OH is 1. The van der Waals surface area contributed by atoms with Crippen molar-refractivity contribution < 1.29 is 14.2 Å². The molecule has 0 spiro atoms. The third-order valence-electron chi connectivity index (χ3n) is 2.66. The Morgan fingerprint density at radius 2 is 2.50 bits per heavy atom. The quantitative estimate of drug-likeness (QED) is 0.815. The number of halogens is 1. The van der Waals surface area contributed by atoms with Gasteiger partial charge < -0.3 is 14.7 Å². The Labute approximate surface area is 93.7 Å². The molecule has 1 N–H and O–H groups in total. The van der Waals surface area contributed by atoms with E-state index in [-0.39, 0.29) is 18.3 Å². The third-order valence-corrected chi connectivity index (χ3v) is 2.66. The third kappa shape index (κ3) is 2.15. The number of aromatic nitrogens is 1. The highest BCUT2D eigenvalue weighted by Gasteiger charge is 2.21. The largest absolute Gasteiger partial charge is 0.392 e. The summed E-state index contributed by atoms with van der Waals surface area (Å²) in [6.07, 6.45) is 1.59. The lowest BCUT2D eigenvalue weighted by atomic mass is 10.2. The second kappa shape index (κ2) is 4.76. The second-order valence-corrected chi connectivity index (χ2v) is 3.89. The van der Waals surface area contributed by atoms with Gasteiger partial charge in [-0.1, -0.05) is 0 Å². The van der Waals surface area contributed by atoms with Crippen LogP contribution in [-0.4, -0.2) is 35.9 Å². The predicted molar refractivity (Wildman–Crippen MR) is 57.7 cm³/mol. The summed E-state index contributed by atoms with van der Waals surface area (Å²) in [5, 5.41) is 8.98. The molecule has 2 heterocycles. The molecule has 0 radical (unpaired) electrons. The van der Waals surface area contributed by atoms with Gasteiger partial charge in [-0.3, -0.25) is 0 Å². The number of aliphatic hydroxyl groups is 1. The van der Waals surface area contributed by atoms with Crippen molar-refractivity contribution in [2.45, 2.75) is 19.6 Å². The molecule has 1 fully saturated rings. The number of rotatable bonds is 2. The highest BCUT2D eigenvalue weighted by Crippen LogP contribution is 2.21. The molecule has 0 saturated carbocycles. The minimum Gasteiger partial charge on any atom is -0.392 e. The van der Waals surface area contributed by atoms with Crippen LogP contribution in [0.2, 0.25) is 0 Å². The van der Waals surface area contributed by atoms with Crippen LogP contribution < -0.4 is 4.90 Å². The maximum absolute atomic E-state index is 13.9. The molecule has 1 aromatic rings. The van der Waals surface area contributed by atoms with E-state index in [1.165, 1.54) is 12.3 Å². The van der Waals surface area contributed by atoms with Gasteiger partial charge in [0, 0.05) is 24.8 Å². The lowest BCUT2D eigenvalue weighted by Gasteiger charge is -2.32. The van der Waals surface area contributed by atoms with E-state index in [1.54, 1.807) is 0 Å². The van der Waals surface area contributed by atoms with Gasteiger partial charge in [0.05, 0.1) is 19.3 Å². The van der Waals surface area contributed by atoms with Crippen LogP contribution in [-0.2, 0) is 11.3 Å². The van der Waals surface area contributed by atoms with E-state index < -0.39 is 5.82 Å². The van der Waals surface area contributed by atoms with Crippen LogP contribution in [0.1, 0.15) is 12.5 Å². The van der Waals surface area contributed by atoms with Crippen molar-refractivity contribution in [1.82, 2.24) is 4.98 Å². The first-order valence-corrected chi connectivity index (χ1v) is 5.33. The molecule has 0 aliphatic carbocycles. The van der Waals surface area contributed by atoms with Crippen molar-refractivity contribution in [3.63, 3.8) is 0 Å². The van der Waals surface area contributed by atoms with Crippen molar-refractivity contribution in [1.29, 1.82) is 0 Å². The lowest BCUT2D eigenvalue weighted by molar-refractivity contribution is 0.0526. The van der Waals surface area contributed by atoms with Crippen molar-refractivity contribution >= 4 is 5.82 Å². The SMILES string of the molecule is CC1CN(c2nccc(CO)c2F)CCO1. The monoisotopic (exact) mass is 226 g/mol. The van der Waals surface area contributed by atoms with Gasteiger partial charge in [-0.15, -0.1) is 0 Å². The number of hydrogen-bond acceptors (Lipinski definition) is 4. The second-order valence-electron chi connectivity index (χ2n) is 3.89. The van der Waals surface area contributed by atoms with Crippen molar-refractivity contribution in [2.24, 2.45) is 0 Å². The van der Waals surface area contributed by atoms with Crippen LogP contribution in [0, 0.1) is 5.82 Å². The molecule has 0 amide bonds. The molecule has 0 bridgehead atoms. The summed E-state index contributed by atoms with van der Waals surface area (Å²) in [4.78, 5) is 5.88. The van der Waals surface area contributed by atoms with E-state index in [1.807, 2.05) is 11.8 Å². The summed E-state index contributed by atoms with van der Waals surface area (Å²) in [6, 6.07) is 1.49. The standard InChI is InChI=1S/C11H15FN2O2/c1-8-6-14(4-5-16-8)11-10(12)9(7-15)2-3-13-11/h2-3,8,15H,4-7H2,1H3. The molecule has 1 aromatic heterocycles. The van der Waals surface area contributed by atoms with E-state index in [4.69, 9.17) is 9.84 Å². The smallest absolute Gasteiger partial charge is 0.171 e. The van der Waals surface area contributed by atoms with E-state index >= 15 is 0 Å². The van der Waals surface area contributed by atoms with E-state index in [0.717, 1.165) is 0 Å². The van der Waals surface area contributed by atoms with Gasteiger partial charge in [-0.2, -0.15) is 0 Å². The Morgan fingerprint density at radius 1 is 1.69 bits per heavy atom. The summed E-state index contributed by atoms with van der Waals surface area (Å²) in [5.41, 5.74) is 0.282. The van der Waals surface area contributed by atoms with Gasteiger partial charge in [-0.25, -0.2) is 9.37 Å². The average Bonchev–Trinajstić information content (AvgIpc) is 2.29. The minimum absolute atomic E-state index is 0.0766. The van der Waals surface area contributed by atoms with E-state index in [2.05, 4.69) is 4.98 Å². The number of morpholine rings is 1. The maximum Gasteiger partial charge on any atom is 0.171 e. The van der Waals surface area contributed by atoms with Crippen LogP contribution in [0.15, 0.2) is 12.3 Å². The van der Waals surface area contributed by atoms with Gasteiger partial charge in [0.15, 0.2) is 11.6 Å². The van der Waals surface area contributed by atoms with Crippen molar-refractivity contribution in [3.8, 4) is 0 Å². The predicted octanol–water partition coefficient (Wildman–Crippen LogP) is 0.938. The lowest BCUT2D eigenvalue weighted by Crippen LogP contribution is -2.42. The molecule has 1 unspecified atom stereocenters. The average molecular weight is 226 g/mol. The number of nitrogens with zero attached hydrogens (tertiary/aromatic N) is 2. The van der Waals surface area contributed by atoms with Crippen molar-refractivity contribution in [3.05, 3.63) is 23.6 Å². The summed E-state index contributed by atoms with van der Waals surface area (Å²) in [5.74, 6) is -0.124. The molecule has 1 aliphatic rings. The Bertz CT molecular complexity index is 373. The van der Waals surface area contributed by atoms with Gasteiger partial charge in [-0.05, 0) is 13.0 Å². The Hall–Kier alpha value is -1.20. The molecule has 2 rings (SSSR count). The zero-order chi connectivity index (χ0) is 11.5. The summed E-state index contributed by atoms with van der Waals surface area (Å²) in [6.45, 7) is 3.47. The molecule has 0 aromatic carbocycles. The molecule has 16 heavy (non-hydrogen) atoms. The number of hydrogen-bond donors (Lipinski definition) is 1. The van der Waals surface area contributed by atoms with E-state index in [0.29, 0.717) is 25.5 Å². The first-order chi connectivity index (χ1) is 7.72. The van der Waals surface area contributed by atoms with Crippen LogP contribution in [0.3, 0.4) is 0 Å². The molecule has 5 heteroatoms. The van der Waals surface area contributed by atoms with Gasteiger partial charge in [0.25, 0.3) is 0 Å². The molecular formula is C11H15FN2O2. The normalized spacial score (nSPS) is 21.2. The Kier molecular flexibility index (Phi) is 3.36. The fourth-order valence-electron chi connectivity index (χ4n) is 1.82. The first-order valence-electron chi connectivity index (χ1n) is 5.33. The molecular weight excluding hydrogens is 211 g/mol. The van der Waals surface area contributed by atoms with Gasteiger partial charge in [0.2, 0.25) is 0 Å². The summed E-state index contributed by atoms with van der Waals surface area (Å²) >= 11 is 0. The van der Waals surface area contributed by atoms with Gasteiger partial charge in [0.1, 0.15) is 0 Å². The summed E-state index contributed by atoms with van der Waals surface area (Å²) in [7, 11) is 0. The zero-order valence-electron chi connectivity index (χ0n) is 9.19. The molecule has 1 atom stereocenters. The fraction of sp³-hybridized carbons (Fsp3) is 0.545. The number of ether oxygens (including phenoxy) is 1. The Balaban J connectivity index is 2.25. The number of pyridine rings is 1. The van der Waals surface area contributed by atoms with E-state index in [9.17, 15) is 4.39 Å². The minimum atomic E-state index is -0.431. The van der Waals surface area contributed by atoms with Gasteiger partial charge >= 0.3 is 0 Å². The highest BCUT2D eigenvalue weighted by atomic mass is 19.1. The van der Waals surface area contributed by atoms with Crippen LogP contribution in [0.4, 0.5) is 10.2 Å². The van der Waals surface area contributed by atoms with Crippen LogP contribution >= 0.6 is 0 Å². The molecule has 88 valence electrons. The molecule has 4 nitrogen and oxygen atoms in total. The van der Waals surface area contributed by atoms with Crippen LogP contribution in [0.25, 0.3) is 0 Å². The van der Waals surface area contributed by atoms with Crippen molar-refractivity contribution in [2.75, 3.05) is 24.6 Å². The first kappa shape index (κ1) is 11.3. The van der Waals surface area contributed by atoms with Crippen LogP contribution in [0.5, 0.6) is 0 Å². The Morgan fingerprint density at radius 3 is 3.19 bits per heavy atom. The molecule has 1 aliphatic heterocycles. The highest BCUT2D eigenvalue weighted by molar-refractivity contribution is 5.43. The topological polar surface area (TPSA) is 45.6 Å². The summed E-state index contributed by atoms with van der Waals surface area (Å²) < 4.78 is 19.3.